The van der Waals surface area contributed by atoms with E-state index < -0.39 is 0 Å². The summed E-state index contributed by atoms with van der Waals surface area (Å²) in [5, 5.41) is 0. The molecule has 0 atom stereocenters. The van der Waals surface area contributed by atoms with E-state index in [1.807, 2.05) is 47.4 Å². The Kier molecular flexibility index (Phi) is 4.86. The van der Waals surface area contributed by atoms with Crippen molar-refractivity contribution in [1.29, 1.82) is 0 Å². The van der Waals surface area contributed by atoms with Gasteiger partial charge in [-0.25, -0.2) is 4.98 Å². The molecule has 0 bridgehead atoms. The second-order valence-electron chi connectivity index (χ2n) is 6.63. The average molecular weight is 350 g/mol. The Bertz CT molecular complexity index is 798. The summed E-state index contributed by atoms with van der Waals surface area (Å²) >= 11 is 0. The van der Waals surface area contributed by atoms with Crippen LogP contribution in [0.2, 0.25) is 0 Å². The van der Waals surface area contributed by atoms with E-state index in [-0.39, 0.29) is 18.7 Å². The number of fused-ring (bicyclic) bond motifs is 1. The number of carbonyl (C=O) groups excluding carboxylic acids is 1. The van der Waals surface area contributed by atoms with E-state index in [1.54, 1.807) is 12.3 Å². The normalized spacial score (nSPS) is 16.8. The summed E-state index contributed by atoms with van der Waals surface area (Å²) in [7, 11) is 0. The largest absolute Gasteiger partial charge is 0.454 e. The molecule has 0 radical (unpaired) electrons. The highest BCUT2D eigenvalue weighted by molar-refractivity contribution is 6.03. The first-order valence-corrected chi connectivity index (χ1v) is 9.13. The predicted molar refractivity (Wildman–Crippen MR) is 100 cm³/mol. The molecule has 134 valence electrons. The number of amides is 1. The molecule has 2 aliphatic rings. The molecule has 5 nitrogen and oxygen atoms in total. The molecule has 0 N–H and O–H groups in total. The summed E-state index contributed by atoms with van der Waals surface area (Å²) in [6.45, 7) is 0.247. The van der Waals surface area contributed by atoms with Crippen LogP contribution >= 0.6 is 0 Å². The minimum Gasteiger partial charge on any atom is -0.454 e. The van der Waals surface area contributed by atoms with Crippen LogP contribution < -0.4 is 14.4 Å². The number of anilines is 1. The van der Waals surface area contributed by atoms with Gasteiger partial charge < -0.3 is 9.47 Å². The molecule has 0 saturated heterocycles. The first kappa shape index (κ1) is 16.6. The summed E-state index contributed by atoms with van der Waals surface area (Å²) in [5.74, 6) is 2.15. The van der Waals surface area contributed by atoms with Gasteiger partial charge in [0.2, 0.25) is 6.79 Å². The lowest BCUT2D eigenvalue weighted by atomic mass is 9.94. The molecule has 5 heteroatoms. The van der Waals surface area contributed by atoms with Gasteiger partial charge in [-0.15, -0.1) is 0 Å². The zero-order chi connectivity index (χ0) is 17.8. The third-order valence-corrected chi connectivity index (χ3v) is 4.89. The molecule has 1 aromatic heterocycles. The highest BCUT2D eigenvalue weighted by Crippen LogP contribution is 2.33. The van der Waals surface area contributed by atoms with E-state index >= 15 is 0 Å². The van der Waals surface area contributed by atoms with Crippen LogP contribution in [-0.4, -0.2) is 23.7 Å². The number of nitrogens with zero attached hydrogens (tertiary/aromatic N) is 2. The fourth-order valence-corrected chi connectivity index (χ4v) is 3.58. The van der Waals surface area contributed by atoms with Crippen molar-refractivity contribution in [1.82, 2.24) is 4.98 Å². The summed E-state index contributed by atoms with van der Waals surface area (Å²) in [5.41, 5.74) is 0.909. The number of carbonyl (C=O) groups is 1. The molecular formula is C21H22N2O3. The molecule has 1 aliphatic carbocycles. The topological polar surface area (TPSA) is 51.7 Å². The second-order valence-corrected chi connectivity index (χ2v) is 6.63. The van der Waals surface area contributed by atoms with Gasteiger partial charge in [0, 0.05) is 18.3 Å². The lowest BCUT2D eigenvalue weighted by Crippen LogP contribution is -2.41. The second kappa shape index (κ2) is 7.60. The average Bonchev–Trinajstić information content (AvgIpc) is 3.16. The first-order chi connectivity index (χ1) is 12.8. The number of benzene rings is 1. The minimum absolute atomic E-state index is 0.0340. The number of hydrogen-bond donors (Lipinski definition) is 0. The number of aromatic nitrogens is 1. The smallest absolute Gasteiger partial charge is 0.252 e. The van der Waals surface area contributed by atoms with Gasteiger partial charge in [-0.3, -0.25) is 9.69 Å². The number of rotatable bonds is 4. The fraction of sp³-hybridized carbons (Fsp3) is 0.333. The van der Waals surface area contributed by atoms with Crippen molar-refractivity contribution >= 4 is 17.8 Å². The van der Waals surface area contributed by atoms with E-state index in [9.17, 15) is 4.79 Å². The van der Waals surface area contributed by atoms with Gasteiger partial charge >= 0.3 is 0 Å². The maximum atomic E-state index is 13.0. The SMILES string of the molecule is O=C(C=Cc1ccc2c(c1)OCO2)N(c1ccccn1)C1CCCCC1. The summed E-state index contributed by atoms with van der Waals surface area (Å²) in [6, 6.07) is 11.6. The Hall–Kier alpha value is -2.82. The summed E-state index contributed by atoms with van der Waals surface area (Å²) in [6.07, 6.45) is 10.8. The van der Waals surface area contributed by atoms with Crippen LogP contribution in [0, 0.1) is 0 Å². The molecule has 2 heterocycles. The number of pyridine rings is 1. The van der Waals surface area contributed by atoms with Gasteiger partial charge in [0.1, 0.15) is 5.82 Å². The lowest BCUT2D eigenvalue weighted by molar-refractivity contribution is -0.114. The van der Waals surface area contributed by atoms with Crippen molar-refractivity contribution in [3.05, 3.63) is 54.2 Å². The van der Waals surface area contributed by atoms with E-state index in [2.05, 4.69) is 4.98 Å². The van der Waals surface area contributed by atoms with Crippen molar-refractivity contribution in [3.63, 3.8) is 0 Å². The van der Waals surface area contributed by atoms with Crippen molar-refractivity contribution in [2.75, 3.05) is 11.7 Å². The molecule has 1 fully saturated rings. The molecule has 4 rings (SSSR count). The fourth-order valence-electron chi connectivity index (χ4n) is 3.58. The molecule has 1 aromatic carbocycles. The van der Waals surface area contributed by atoms with Gasteiger partial charge in [0.25, 0.3) is 5.91 Å². The Morgan fingerprint density at radius 1 is 1.08 bits per heavy atom. The Morgan fingerprint density at radius 3 is 2.73 bits per heavy atom. The highest BCUT2D eigenvalue weighted by atomic mass is 16.7. The first-order valence-electron chi connectivity index (χ1n) is 9.13. The zero-order valence-electron chi connectivity index (χ0n) is 14.6. The highest BCUT2D eigenvalue weighted by Gasteiger charge is 2.26. The van der Waals surface area contributed by atoms with E-state index in [0.717, 1.165) is 42.8 Å². The van der Waals surface area contributed by atoms with Crippen LogP contribution in [-0.2, 0) is 4.79 Å². The minimum atomic E-state index is -0.0340. The maximum absolute atomic E-state index is 13.0. The van der Waals surface area contributed by atoms with Crippen LogP contribution in [0.1, 0.15) is 37.7 Å². The Balaban J connectivity index is 1.56. The molecule has 1 aliphatic heterocycles. The molecule has 1 amide bonds. The van der Waals surface area contributed by atoms with Crippen LogP contribution in [0.15, 0.2) is 48.7 Å². The zero-order valence-corrected chi connectivity index (χ0v) is 14.6. The van der Waals surface area contributed by atoms with Crippen LogP contribution in [0.3, 0.4) is 0 Å². The monoisotopic (exact) mass is 350 g/mol. The molecule has 2 aromatic rings. The number of hydrogen-bond acceptors (Lipinski definition) is 4. The third-order valence-electron chi connectivity index (χ3n) is 4.89. The third kappa shape index (κ3) is 3.57. The van der Waals surface area contributed by atoms with Gasteiger partial charge in [-0.1, -0.05) is 31.4 Å². The van der Waals surface area contributed by atoms with E-state index in [1.165, 1.54) is 6.42 Å². The molecule has 0 spiro atoms. The van der Waals surface area contributed by atoms with E-state index in [4.69, 9.17) is 9.47 Å². The summed E-state index contributed by atoms with van der Waals surface area (Å²) in [4.78, 5) is 19.3. The maximum Gasteiger partial charge on any atom is 0.252 e. The van der Waals surface area contributed by atoms with Crippen LogP contribution in [0.25, 0.3) is 6.08 Å². The predicted octanol–water partition coefficient (Wildman–Crippen LogP) is 4.19. The van der Waals surface area contributed by atoms with Crippen molar-refractivity contribution in [2.45, 2.75) is 38.1 Å². The summed E-state index contributed by atoms with van der Waals surface area (Å²) < 4.78 is 10.7. The quantitative estimate of drug-likeness (QED) is 0.776. The van der Waals surface area contributed by atoms with Gasteiger partial charge in [0.05, 0.1) is 0 Å². The van der Waals surface area contributed by atoms with Crippen LogP contribution in [0.4, 0.5) is 5.82 Å². The van der Waals surface area contributed by atoms with Crippen molar-refractivity contribution in [3.8, 4) is 11.5 Å². The lowest BCUT2D eigenvalue weighted by Gasteiger charge is -2.32. The van der Waals surface area contributed by atoms with Gasteiger partial charge in [0.15, 0.2) is 11.5 Å². The Morgan fingerprint density at radius 2 is 1.92 bits per heavy atom. The van der Waals surface area contributed by atoms with Gasteiger partial charge in [-0.2, -0.15) is 0 Å². The number of ether oxygens (including phenoxy) is 2. The van der Waals surface area contributed by atoms with Gasteiger partial charge in [-0.05, 0) is 48.7 Å². The van der Waals surface area contributed by atoms with E-state index in [0.29, 0.717) is 5.75 Å². The van der Waals surface area contributed by atoms with Crippen molar-refractivity contribution in [2.24, 2.45) is 0 Å². The molecule has 1 saturated carbocycles. The van der Waals surface area contributed by atoms with Crippen LogP contribution in [0.5, 0.6) is 11.5 Å². The van der Waals surface area contributed by atoms with Crippen molar-refractivity contribution < 1.29 is 14.3 Å². The molecule has 26 heavy (non-hydrogen) atoms. The standard InChI is InChI=1S/C21H22N2O3/c24-21(12-10-16-9-11-18-19(14-16)26-15-25-18)23(17-6-2-1-3-7-17)20-8-4-5-13-22-20/h4-5,8-14,17H,1-3,6-7,15H2. The Labute approximate surface area is 153 Å². The molecular weight excluding hydrogens is 328 g/mol. The molecule has 0 unspecified atom stereocenters.